The second kappa shape index (κ2) is 7.68. The van der Waals surface area contributed by atoms with Gasteiger partial charge in [-0.05, 0) is 24.8 Å². The predicted octanol–water partition coefficient (Wildman–Crippen LogP) is 2.67. The number of rotatable bonds is 6. The molecule has 0 heterocycles. The van der Waals surface area contributed by atoms with E-state index in [0.29, 0.717) is 0 Å². The lowest BCUT2D eigenvalue weighted by Gasteiger charge is -2.09. The Hall–Kier alpha value is -1.83. The molecule has 0 saturated carbocycles. The van der Waals surface area contributed by atoms with E-state index >= 15 is 0 Å². The topological polar surface area (TPSA) is 78.4 Å². The van der Waals surface area contributed by atoms with Gasteiger partial charge in [-0.1, -0.05) is 0 Å². The number of thioether (sulfide) groups is 1. The third-order valence-electron chi connectivity index (χ3n) is 2.31. The van der Waals surface area contributed by atoms with Crippen LogP contribution in [0.2, 0.25) is 0 Å². The summed E-state index contributed by atoms with van der Waals surface area (Å²) in [7, 11) is 0. The number of aliphatic carboxylic acids is 1. The van der Waals surface area contributed by atoms with E-state index in [0.717, 1.165) is 23.9 Å². The van der Waals surface area contributed by atoms with Gasteiger partial charge in [0.1, 0.15) is 11.6 Å². The van der Waals surface area contributed by atoms with Crippen molar-refractivity contribution in [3.63, 3.8) is 0 Å². The third kappa shape index (κ3) is 5.04. The molecule has 0 bridgehead atoms. The Balaban J connectivity index is 2.52. The van der Waals surface area contributed by atoms with E-state index in [1.807, 2.05) is 0 Å². The number of benzene rings is 1. The lowest BCUT2D eigenvalue weighted by atomic mass is 10.3. The molecule has 1 aromatic rings. The molecule has 1 aromatic carbocycles. The van der Waals surface area contributed by atoms with Gasteiger partial charge >= 0.3 is 12.0 Å². The molecular weight excluding hydrogens is 290 g/mol. The molecule has 0 aromatic heterocycles. The molecule has 0 aliphatic rings. The average molecular weight is 304 g/mol. The molecule has 0 spiro atoms. The van der Waals surface area contributed by atoms with Gasteiger partial charge in [-0.2, -0.15) is 0 Å². The highest BCUT2D eigenvalue weighted by Gasteiger charge is 2.11. The highest BCUT2D eigenvalue weighted by molar-refractivity contribution is 7.98. The number of hydrogen-bond acceptors (Lipinski definition) is 3. The Bertz CT molecular complexity index is 488. The maximum atomic E-state index is 13.5. The largest absolute Gasteiger partial charge is 0.481 e. The average Bonchev–Trinajstić information content (AvgIpc) is 2.34. The van der Waals surface area contributed by atoms with E-state index in [1.54, 1.807) is 6.26 Å². The summed E-state index contributed by atoms with van der Waals surface area (Å²) in [6.45, 7) is 0.159. The summed E-state index contributed by atoms with van der Waals surface area (Å²) < 4.78 is 26.9. The number of carboxylic acid groups (broad SMARTS) is 1. The lowest BCUT2D eigenvalue weighted by molar-refractivity contribution is -0.137. The van der Waals surface area contributed by atoms with Crippen molar-refractivity contribution in [3.8, 4) is 0 Å². The van der Waals surface area contributed by atoms with E-state index < -0.39 is 23.6 Å². The van der Waals surface area contributed by atoms with Crippen LogP contribution < -0.4 is 10.6 Å². The molecule has 2 amide bonds. The van der Waals surface area contributed by atoms with Crippen LogP contribution in [0.4, 0.5) is 19.3 Å². The summed E-state index contributed by atoms with van der Waals surface area (Å²) >= 11 is 0.935. The van der Waals surface area contributed by atoms with Crippen molar-refractivity contribution in [3.05, 3.63) is 23.8 Å². The van der Waals surface area contributed by atoms with Crippen molar-refractivity contribution >= 4 is 29.4 Å². The minimum Gasteiger partial charge on any atom is -0.481 e. The van der Waals surface area contributed by atoms with Gasteiger partial charge in [0.05, 0.1) is 4.90 Å². The van der Waals surface area contributed by atoms with Gasteiger partial charge in [-0.3, -0.25) is 4.79 Å². The van der Waals surface area contributed by atoms with Crippen molar-refractivity contribution in [1.29, 1.82) is 0 Å². The van der Waals surface area contributed by atoms with Crippen molar-refractivity contribution < 1.29 is 23.5 Å². The summed E-state index contributed by atoms with van der Waals surface area (Å²) in [5.74, 6) is -2.46. The zero-order valence-electron chi connectivity index (χ0n) is 10.7. The summed E-state index contributed by atoms with van der Waals surface area (Å²) in [6, 6.07) is 1.39. The number of carbonyl (C=O) groups excluding carboxylic acids is 1. The molecule has 5 nitrogen and oxygen atoms in total. The molecule has 3 N–H and O–H groups in total. The molecule has 0 aliphatic carbocycles. The number of carbonyl (C=O) groups is 2. The molecule has 0 saturated heterocycles. The van der Waals surface area contributed by atoms with Crippen LogP contribution in [0.25, 0.3) is 0 Å². The van der Waals surface area contributed by atoms with E-state index in [4.69, 9.17) is 5.11 Å². The van der Waals surface area contributed by atoms with Crippen LogP contribution in [0.3, 0.4) is 0 Å². The standard InChI is InChI=1S/C12H14F2N2O3S/c1-20-11-8(13)5-7(6-9(11)14)16-12(19)15-4-2-3-10(17)18/h5-6H,2-4H2,1H3,(H,17,18)(H2,15,16,19). The smallest absolute Gasteiger partial charge is 0.319 e. The highest BCUT2D eigenvalue weighted by Crippen LogP contribution is 2.26. The minimum absolute atomic E-state index is 0.00599. The van der Waals surface area contributed by atoms with Gasteiger partial charge in [0, 0.05) is 18.7 Å². The van der Waals surface area contributed by atoms with Crippen LogP contribution in [0.15, 0.2) is 17.0 Å². The van der Waals surface area contributed by atoms with Crippen molar-refractivity contribution in [1.82, 2.24) is 5.32 Å². The molecule has 20 heavy (non-hydrogen) atoms. The van der Waals surface area contributed by atoms with Crippen LogP contribution in [0, 0.1) is 11.6 Å². The van der Waals surface area contributed by atoms with E-state index in [-0.39, 0.29) is 30.0 Å². The highest BCUT2D eigenvalue weighted by atomic mass is 32.2. The van der Waals surface area contributed by atoms with Gasteiger partial charge in [0.2, 0.25) is 0 Å². The lowest BCUT2D eigenvalue weighted by Crippen LogP contribution is -2.29. The number of nitrogens with one attached hydrogen (secondary N) is 2. The molecule has 0 unspecified atom stereocenters. The van der Waals surface area contributed by atoms with Crippen LogP contribution in [0.1, 0.15) is 12.8 Å². The Morgan fingerprint density at radius 3 is 2.40 bits per heavy atom. The number of anilines is 1. The third-order valence-corrected chi connectivity index (χ3v) is 3.11. The summed E-state index contributed by atoms with van der Waals surface area (Å²) in [4.78, 5) is 21.6. The van der Waals surface area contributed by atoms with Gasteiger partial charge in [0.15, 0.2) is 0 Å². The number of amides is 2. The summed E-state index contributed by atoms with van der Waals surface area (Å²) in [6.07, 6.45) is 1.76. The Kier molecular flexibility index (Phi) is 6.23. The van der Waals surface area contributed by atoms with Crippen LogP contribution >= 0.6 is 11.8 Å². The van der Waals surface area contributed by atoms with Gasteiger partial charge in [0.25, 0.3) is 0 Å². The zero-order valence-corrected chi connectivity index (χ0v) is 11.5. The quantitative estimate of drug-likeness (QED) is 0.558. The van der Waals surface area contributed by atoms with E-state index in [2.05, 4.69) is 10.6 Å². The summed E-state index contributed by atoms with van der Waals surface area (Å²) in [5.41, 5.74) is -0.00599. The Morgan fingerprint density at radius 2 is 1.90 bits per heavy atom. The SMILES string of the molecule is CSc1c(F)cc(NC(=O)NCCCC(=O)O)cc1F. The molecule has 0 fully saturated rings. The zero-order chi connectivity index (χ0) is 15.1. The fraction of sp³-hybridized carbons (Fsp3) is 0.333. The van der Waals surface area contributed by atoms with Gasteiger partial charge in [-0.15, -0.1) is 11.8 Å². The fourth-order valence-electron chi connectivity index (χ4n) is 1.44. The van der Waals surface area contributed by atoms with Crippen LogP contribution in [-0.4, -0.2) is 29.9 Å². The van der Waals surface area contributed by atoms with Gasteiger partial charge < -0.3 is 15.7 Å². The molecule has 8 heteroatoms. The molecule has 0 aliphatic heterocycles. The first-order valence-electron chi connectivity index (χ1n) is 5.73. The Labute approximate surface area is 118 Å². The second-order valence-electron chi connectivity index (χ2n) is 3.85. The van der Waals surface area contributed by atoms with Crippen LogP contribution in [-0.2, 0) is 4.79 Å². The second-order valence-corrected chi connectivity index (χ2v) is 4.67. The van der Waals surface area contributed by atoms with Gasteiger partial charge in [-0.25, -0.2) is 13.6 Å². The van der Waals surface area contributed by atoms with Crippen molar-refractivity contribution in [2.24, 2.45) is 0 Å². The number of halogens is 2. The summed E-state index contributed by atoms with van der Waals surface area (Å²) in [5, 5.41) is 13.1. The molecule has 1 rings (SSSR count). The number of hydrogen-bond donors (Lipinski definition) is 3. The van der Waals surface area contributed by atoms with Crippen molar-refractivity contribution in [2.45, 2.75) is 17.7 Å². The number of urea groups is 1. The maximum absolute atomic E-state index is 13.5. The molecule has 110 valence electrons. The normalized spacial score (nSPS) is 10.2. The van der Waals surface area contributed by atoms with E-state index in [9.17, 15) is 18.4 Å². The first-order chi connectivity index (χ1) is 9.43. The van der Waals surface area contributed by atoms with Crippen LogP contribution in [0.5, 0.6) is 0 Å². The monoisotopic (exact) mass is 304 g/mol. The predicted molar refractivity (Wildman–Crippen MR) is 72.0 cm³/mol. The minimum atomic E-state index is -0.955. The number of carboxylic acids is 1. The molecule has 0 radical (unpaired) electrons. The van der Waals surface area contributed by atoms with E-state index in [1.165, 1.54) is 0 Å². The first kappa shape index (κ1) is 16.2. The maximum Gasteiger partial charge on any atom is 0.319 e. The Morgan fingerprint density at radius 1 is 1.30 bits per heavy atom. The molecule has 0 atom stereocenters. The van der Waals surface area contributed by atoms with Crippen molar-refractivity contribution in [2.75, 3.05) is 18.1 Å². The first-order valence-corrected chi connectivity index (χ1v) is 6.96. The molecular formula is C12H14F2N2O3S. The fourth-order valence-corrected chi connectivity index (χ4v) is 1.95.